The van der Waals surface area contributed by atoms with Gasteiger partial charge in [0, 0.05) is 13.1 Å². The summed E-state index contributed by atoms with van der Waals surface area (Å²) in [5, 5.41) is 0. The van der Waals surface area contributed by atoms with E-state index < -0.39 is 34.9 Å². The predicted molar refractivity (Wildman–Crippen MR) is 57.9 cm³/mol. The average Bonchev–Trinajstić information content (AvgIpc) is 2.57. The lowest BCUT2D eigenvalue weighted by atomic mass is 10.1. The van der Waals surface area contributed by atoms with E-state index in [9.17, 15) is 18.4 Å². The minimum Gasteiger partial charge on any atom is -0.444 e. The topological polar surface area (TPSA) is 72.6 Å². The fraction of sp³-hybridized carbons (Fsp3) is 0.818. The molecule has 2 aliphatic rings. The number of ether oxygens (including phenoxy) is 1. The third-order valence-electron chi connectivity index (χ3n) is 3.48. The molecule has 1 heterocycles. The van der Waals surface area contributed by atoms with Crippen LogP contribution in [-0.4, -0.2) is 41.5 Å². The highest BCUT2D eigenvalue weighted by molar-refractivity contribution is 5.89. The molecule has 0 bridgehead atoms. The van der Waals surface area contributed by atoms with Gasteiger partial charge in [-0.05, 0) is 20.8 Å². The molecule has 18 heavy (non-hydrogen) atoms. The standard InChI is InChI=1S/C11H16F2N2O3/c1-9(2,3)18-8(17)15-4-6-10(5-15,7(14)16)11(6,12)13/h6H,4-5H2,1-3H3,(H2,14,16). The van der Waals surface area contributed by atoms with Crippen LogP contribution in [0.1, 0.15) is 20.8 Å². The molecular formula is C11H16F2N2O3. The van der Waals surface area contributed by atoms with E-state index in [1.165, 1.54) is 0 Å². The highest BCUT2D eigenvalue weighted by Gasteiger charge is 2.87. The fourth-order valence-electron chi connectivity index (χ4n) is 2.48. The summed E-state index contributed by atoms with van der Waals surface area (Å²) < 4.78 is 32.0. The normalized spacial score (nSPS) is 32.9. The van der Waals surface area contributed by atoms with Crippen LogP contribution in [0, 0.1) is 11.3 Å². The zero-order chi connectivity index (χ0) is 13.9. The van der Waals surface area contributed by atoms with Crippen molar-refractivity contribution in [2.45, 2.75) is 32.3 Å². The number of alkyl halides is 2. The van der Waals surface area contributed by atoms with Crippen LogP contribution in [0.15, 0.2) is 0 Å². The van der Waals surface area contributed by atoms with Crippen molar-refractivity contribution in [2.24, 2.45) is 17.1 Å². The number of nitrogens with zero attached hydrogens (tertiary/aromatic N) is 1. The van der Waals surface area contributed by atoms with E-state index in [0.29, 0.717) is 0 Å². The third kappa shape index (κ3) is 1.56. The molecular weight excluding hydrogens is 246 g/mol. The maximum Gasteiger partial charge on any atom is 0.410 e. The van der Waals surface area contributed by atoms with Crippen molar-refractivity contribution in [3.63, 3.8) is 0 Å². The first-order valence-electron chi connectivity index (χ1n) is 5.68. The fourth-order valence-corrected chi connectivity index (χ4v) is 2.48. The maximum absolute atomic E-state index is 13.4. The molecule has 0 aromatic rings. The van der Waals surface area contributed by atoms with E-state index in [-0.39, 0.29) is 13.1 Å². The second kappa shape index (κ2) is 3.33. The Morgan fingerprint density at radius 3 is 2.33 bits per heavy atom. The van der Waals surface area contributed by atoms with Crippen molar-refractivity contribution in [1.82, 2.24) is 4.90 Å². The quantitative estimate of drug-likeness (QED) is 0.765. The molecule has 2 fully saturated rings. The van der Waals surface area contributed by atoms with Crippen molar-refractivity contribution in [2.75, 3.05) is 13.1 Å². The molecule has 2 atom stereocenters. The van der Waals surface area contributed by atoms with Crippen LogP contribution in [-0.2, 0) is 9.53 Å². The van der Waals surface area contributed by atoms with Crippen LogP contribution in [0.3, 0.4) is 0 Å². The van der Waals surface area contributed by atoms with Gasteiger partial charge in [0.15, 0.2) is 0 Å². The third-order valence-corrected chi connectivity index (χ3v) is 3.48. The summed E-state index contributed by atoms with van der Waals surface area (Å²) in [7, 11) is 0. The number of primary amides is 1. The summed E-state index contributed by atoms with van der Waals surface area (Å²) in [6.45, 7) is 4.49. The molecule has 7 heteroatoms. The molecule has 2 unspecified atom stereocenters. The molecule has 2 N–H and O–H groups in total. The number of amides is 2. The Kier molecular flexibility index (Phi) is 2.41. The molecule has 102 valence electrons. The van der Waals surface area contributed by atoms with Gasteiger partial charge in [-0.25, -0.2) is 13.6 Å². The molecule has 2 amide bonds. The van der Waals surface area contributed by atoms with Gasteiger partial charge in [-0.1, -0.05) is 0 Å². The lowest BCUT2D eigenvalue weighted by Gasteiger charge is -2.26. The van der Waals surface area contributed by atoms with Crippen molar-refractivity contribution in [3.05, 3.63) is 0 Å². The van der Waals surface area contributed by atoms with Gasteiger partial charge in [-0.3, -0.25) is 4.79 Å². The highest BCUT2D eigenvalue weighted by atomic mass is 19.3. The molecule has 1 saturated heterocycles. The summed E-state index contributed by atoms with van der Waals surface area (Å²) in [5.41, 5.74) is 2.45. The number of halogens is 2. The number of hydrogen-bond donors (Lipinski definition) is 1. The average molecular weight is 262 g/mol. The van der Waals surface area contributed by atoms with Gasteiger partial charge in [0.25, 0.3) is 5.92 Å². The summed E-state index contributed by atoms with van der Waals surface area (Å²) >= 11 is 0. The van der Waals surface area contributed by atoms with Gasteiger partial charge in [-0.15, -0.1) is 0 Å². The Bertz CT molecular complexity index is 419. The number of nitrogens with two attached hydrogens (primary N) is 1. The second-order valence-corrected chi connectivity index (χ2v) is 5.87. The highest BCUT2D eigenvalue weighted by Crippen LogP contribution is 2.69. The Balaban J connectivity index is 2.08. The van der Waals surface area contributed by atoms with Gasteiger partial charge < -0.3 is 15.4 Å². The molecule has 2 rings (SSSR count). The number of likely N-dealkylation sites (tertiary alicyclic amines) is 1. The largest absolute Gasteiger partial charge is 0.444 e. The van der Waals surface area contributed by atoms with Crippen molar-refractivity contribution in [3.8, 4) is 0 Å². The zero-order valence-electron chi connectivity index (χ0n) is 10.5. The van der Waals surface area contributed by atoms with Crippen molar-refractivity contribution >= 4 is 12.0 Å². The molecule has 1 saturated carbocycles. The van der Waals surface area contributed by atoms with E-state index in [1.807, 2.05) is 0 Å². The maximum atomic E-state index is 13.4. The van der Waals surface area contributed by atoms with Gasteiger partial charge in [-0.2, -0.15) is 0 Å². The Morgan fingerprint density at radius 1 is 1.39 bits per heavy atom. The molecule has 0 aromatic heterocycles. The smallest absolute Gasteiger partial charge is 0.410 e. The molecule has 5 nitrogen and oxygen atoms in total. The number of carbonyl (C=O) groups excluding carboxylic acids is 2. The summed E-state index contributed by atoms with van der Waals surface area (Å²) in [6, 6.07) is 0. The summed E-state index contributed by atoms with van der Waals surface area (Å²) in [5.74, 6) is -5.32. The second-order valence-electron chi connectivity index (χ2n) is 5.87. The molecule has 0 spiro atoms. The van der Waals surface area contributed by atoms with Gasteiger partial charge >= 0.3 is 6.09 Å². The van der Waals surface area contributed by atoms with Crippen LogP contribution in [0.4, 0.5) is 13.6 Å². The van der Waals surface area contributed by atoms with Gasteiger partial charge in [0.05, 0.1) is 5.92 Å². The lowest BCUT2D eigenvalue weighted by Crippen LogP contribution is -2.43. The Labute approximate surface area is 103 Å². The van der Waals surface area contributed by atoms with E-state index in [1.54, 1.807) is 20.8 Å². The van der Waals surface area contributed by atoms with Gasteiger partial charge in [0.1, 0.15) is 11.0 Å². The van der Waals surface area contributed by atoms with Crippen LogP contribution in [0.2, 0.25) is 0 Å². The van der Waals surface area contributed by atoms with E-state index in [4.69, 9.17) is 10.5 Å². The predicted octanol–water partition coefficient (Wildman–Crippen LogP) is 0.974. The molecule has 1 aliphatic carbocycles. The van der Waals surface area contributed by atoms with Crippen molar-refractivity contribution in [1.29, 1.82) is 0 Å². The Morgan fingerprint density at radius 2 is 1.94 bits per heavy atom. The van der Waals surface area contributed by atoms with Crippen LogP contribution < -0.4 is 5.73 Å². The first-order chi connectivity index (χ1) is 8.02. The zero-order valence-corrected chi connectivity index (χ0v) is 10.5. The SMILES string of the molecule is CC(C)(C)OC(=O)N1CC2C(F)(F)C2(C(N)=O)C1. The minimum absolute atomic E-state index is 0.190. The van der Waals surface area contributed by atoms with Crippen molar-refractivity contribution < 1.29 is 23.1 Å². The number of rotatable bonds is 1. The van der Waals surface area contributed by atoms with E-state index >= 15 is 0 Å². The number of piperidine rings is 1. The monoisotopic (exact) mass is 262 g/mol. The van der Waals surface area contributed by atoms with E-state index in [0.717, 1.165) is 4.90 Å². The number of hydrogen-bond acceptors (Lipinski definition) is 3. The van der Waals surface area contributed by atoms with Crippen LogP contribution >= 0.6 is 0 Å². The van der Waals surface area contributed by atoms with E-state index in [2.05, 4.69) is 0 Å². The molecule has 1 aliphatic heterocycles. The number of fused-ring (bicyclic) bond motifs is 1. The number of carbonyl (C=O) groups is 2. The summed E-state index contributed by atoms with van der Waals surface area (Å²) in [6.07, 6.45) is -0.689. The minimum atomic E-state index is -3.10. The van der Waals surface area contributed by atoms with Gasteiger partial charge in [0.2, 0.25) is 5.91 Å². The summed E-state index contributed by atoms with van der Waals surface area (Å²) in [4.78, 5) is 24.0. The Hall–Kier alpha value is -1.40. The lowest BCUT2D eigenvalue weighted by molar-refractivity contribution is -0.127. The first-order valence-corrected chi connectivity index (χ1v) is 5.68. The molecule has 0 radical (unpaired) electrons. The van der Waals surface area contributed by atoms with Crippen LogP contribution in [0.5, 0.6) is 0 Å². The first kappa shape index (κ1) is 13.0. The molecule has 0 aromatic carbocycles. The van der Waals surface area contributed by atoms with Crippen LogP contribution in [0.25, 0.3) is 0 Å².